The highest BCUT2D eigenvalue weighted by Crippen LogP contribution is 2.15. The summed E-state index contributed by atoms with van der Waals surface area (Å²) in [5.41, 5.74) is 1.57. The Labute approximate surface area is 75.7 Å². The SMILES string of the molecule is Oc1ccc(-c2ccccn2)nc1. The van der Waals surface area contributed by atoms with Crippen LogP contribution in [-0.4, -0.2) is 15.1 Å². The van der Waals surface area contributed by atoms with Gasteiger partial charge in [0.1, 0.15) is 5.75 Å². The Morgan fingerprint density at radius 3 is 2.38 bits per heavy atom. The molecule has 0 radical (unpaired) electrons. The molecule has 64 valence electrons. The molecule has 0 aromatic carbocycles. The van der Waals surface area contributed by atoms with E-state index in [-0.39, 0.29) is 5.75 Å². The second-order valence-corrected chi connectivity index (χ2v) is 2.62. The van der Waals surface area contributed by atoms with Crippen LogP contribution in [0.4, 0.5) is 0 Å². The minimum Gasteiger partial charge on any atom is -0.506 e. The maximum absolute atomic E-state index is 9.02. The fourth-order valence-corrected chi connectivity index (χ4v) is 1.05. The lowest BCUT2D eigenvalue weighted by atomic mass is 10.2. The van der Waals surface area contributed by atoms with Crippen LogP contribution in [0.2, 0.25) is 0 Å². The molecule has 2 aromatic rings. The van der Waals surface area contributed by atoms with Gasteiger partial charge >= 0.3 is 0 Å². The lowest BCUT2D eigenvalue weighted by Crippen LogP contribution is -1.84. The summed E-state index contributed by atoms with van der Waals surface area (Å²) in [5, 5.41) is 9.02. The van der Waals surface area contributed by atoms with Crippen molar-refractivity contribution in [1.29, 1.82) is 0 Å². The molecule has 0 aliphatic carbocycles. The fourth-order valence-electron chi connectivity index (χ4n) is 1.05. The van der Waals surface area contributed by atoms with E-state index in [9.17, 15) is 0 Å². The minimum absolute atomic E-state index is 0.166. The van der Waals surface area contributed by atoms with Crippen LogP contribution in [0, 0.1) is 0 Å². The molecular formula is C10H8N2O. The van der Waals surface area contributed by atoms with Crippen LogP contribution < -0.4 is 0 Å². The second-order valence-electron chi connectivity index (χ2n) is 2.62. The van der Waals surface area contributed by atoms with Crippen LogP contribution in [0.3, 0.4) is 0 Å². The van der Waals surface area contributed by atoms with Gasteiger partial charge in [-0.1, -0.05) is 6.07 Å². The zero-order chi connectivity index (χ0) is 9.10. The van der Waals surface area contributed by atoms with Gasteiger partial charge in [0, 0.05) is 6.20 Å². The Morgan fingerprint density at radius 1 is 0.923 bits per heavy atom. The molecule has 3 heteroatoms. The van der Waals surface area contributed by atoms with Gasteiger partial charge in [0.25, 0.3) is 0 Å². The van der Waals surface area contributed by atoms with Crippen LogP contribution in [0.15, 0.2) is 42.7 Å². The van der Waals surface area contributed by atoms with Crippen molar-refractivity contribution < 1.29 is 5.11 Å². The summed E-state index contributed by atoms with van der Waals surface area (Å²) < 4.78 is 0. The third-order valence-electron chi connectivity index (χ3n) is 1.68. The van der Waals surface area contributed by atoms with Gasteiger partial charge in [-0.25, -0.2) is 0 Å². The predicted molar refractivity (Wildman–Crippen MR) is 49.1 cm³/mol. The Kier molecular flexibility index (Phi) is 1.92. The predicted octanol–water partition coefficient (Wildman–Crippen LogP) is 1.85. The van der Waals surface area contributed by atoms with Crippen molar-refractivity contribution in [2.24, 2.45) is 0 Å². The Balaban J connectivity index is 2.42. The topological polar surface area (TPSA) is 46.0 Å². The second kappa shape index (κ2) is 3.23. The van der Waals surface area contributed by atoms with Gasteiger partial charge in [-0.05, 0) is 24.3 Å². The molecule has 0 amide bonds. The third-order valence-corrected chi connectivity index (χ3v) is 1.68. The van der Waals surface area contributed by atoms with Crippen molar-refractivity contribution in [3.8, 4) is 17.1 Å². The summed E-state index contributed by atoms with van der Waals surface area (Å²) in [4.78, 5) is 8.17. The van der Waals surface area contributed by atoms with Crippen LogP contribution in [0.1, 0.15) is 0 Å². The molecule has 3 nitrogen and oxygen atoms in total. The van der Waals surface area contributed by atoms with Crippen molar-refractivity contribution in [2.75, 3.05) is 0 Å². The Bertz CT molecular complexity index is 383. The molecule has 0 saturated carbocycles. The number of pyridine rings is 2. The van der Waals surface area contributed by atoms with Crippen molar-refractivity contribution in [3.05, 3.63) is 42.7 Å². The van der Waals surface area contributed by atoms with E-state index in [0.29, 0.717) is 0 Å². The number of aromatic nitrogens is 2. The van der Waals surface area contributed by atoms with Gasteiger partial charge < -0.3 is 5.11 Å². The highest BCUT2D eigenvalue weighted by Gasteiger charge is 1.98. The number of hydrogen-bond acceptors (Lipinski definition) is 3. The molecule has 1 N–H and O–H groups in total. The molecule has 0 fully saturated rings. The van der Waals surface area contributed by atoms with Crippen molar-refractivity contribution in [1.82, 2.24) is 9.97 Å². The Morgan fingerprint density at radius 2 is 1.77 bits per heavy atom. The van der Waals surface area contributed by atoms with Gasteiger partial charge in [0.2, 0.25) is 0 Å². The van der Waals surface area contributed by atoms with Crippen molar-refractivity contribution in [3.63, 3.8) is 0 Å². The zero-order valence-electron chi connectivity index (χ0n) is 6.88. The van der Waals surface area contributed by atoms with E-state index in [1.54, 1.807) is 18.3 Å². The zero-order valence-corrected chi connectivity index (χ0v) is 6.88. The van der Waals surface area contributed by atoms with E-state index in [1.807, 2.05) is 18.2 Å². The number of hydrogen-bond donors (Lipinski definition) is 1. The lowest BCUT2D eigenvalue weighted by molar-refractivity contribution is 0.473. The molecule has 0 atom stereocenters. The first-order chi connectivity index (χ1) is 6.36. The number of rotatable bonds is 1. The summed E-state index contributed by atoms with van der Waals surface area (Å²) in [6.07, 6.45) is 3.12. The fraction of sp³-hybridized carbons (Fsp3) is 0. The van der Waals surface area contributed by atoms with Crippen molar-refractivity contribution in [2.45, 2.75) is 0 Å². The molecule has 0 spiro atoms. The molecule has 0 unspecified atom stereocenters. The number of nitrogens with zero attached hydrogens (tertiary/aromatic N) is 2. The first-order valence-electron chi connectivity index (χ1n) is 3.93. The van der Waals surface area contributed by atoms with Crippen LogP contribution >= 0.6 is 0 Å². The summed E-state index contributed by atoms with van der Waals surface area (Å²) in [6, 6.07) is 8.95. The third kappa shape index (κ3) is 1.64. The van der Waals surface area contributed by atoms with Gasteiger partial charge in [0.15, 0.2) is 0 Å². The summed E-state index contributed by atoms with van der Waals surface area (Å²) >= 11 is 0. The molecule has 0 aliphatic heterocycles. The van der Waals surface area contributed by atoms with Gasteiger partial charge in [-0.15, -0.1) is 0 Å². The first-order valence-corrected chi connectivity index (χ1v) is 3.93. The maximum atomic E-state index is 9.02. The molecule has 13 heavy (non-hydrogen) atoms. The largest absolute Gasteiger partial charge is 0.506 e. The molecule has 0 aliphatic rings. The minimum atomic E-state index is 0.166. The van der Waals surface area contributed by atoms with E-state index in [1.165, 1.54) is 6.20 Å². The summed E-state index contributed by atoms with van der Waals surface area (Å²) in [7, 11) is 0. The maximum Gasteiger partial charge on any atom is 0.133 e. The van der Waals surface area contributed by atoms with Gasteiger partial charge in [-0.2, -0.15) is 0 Å². The van der Waals surface area contributed by atoms with Crippen LogP contribution in [-0.2, 0) is 0 Å². The van der Waals surface area contributed by atoms with Gasteiger partial charge in [-0.3, -0.25) is 9.97 Å². The van der Waals surface area contributed by atoms with E-state index >= 15 is 0 Å². The summed E-state index contributed by atoms with van der Waals surface area (Å²) in [5.74, 6) is 0.166. The van der Waals surface area contributed by atoms with Crippen LogP contribution in [0.25, 0.3) is 11.4 Å². The Hall–Kier alpha value is -1.90. The molecule has 2 aromatic heterocycles. The summed E-state index contributed by atoms with van der Waals surface area (Å²) in [6.45, 7) is 0. The van der Waals surface area contributed by atoms with Crippen molar-refractivity contribution >= 4 is 0 Å². The monoisotopic (exact) mass is 172 g/mol. The lowest BCUT2D eigenvalue weighted by Gasteiger charge is -1.98. The molecular weight excluding hydrogens is 164 g/mol. The average Bonchev–Trinajstić information content (AvgIpc) is 2.20. The van der Waals surface area contributed by atoms with Gasteiger partial charge in [0.05, 0.1) is 17.6 Å². The average molecular weight is 172 g/mol. The molecule has 0 saturated heterocycles. The molecule has 2 rings (SSSR count). The first kappa shape index (κ1) is 7.73. The standard InChI is InChI=1S/C10H8N2O/c13-8-4-5-10(12-7-8)9-3-1-2-6-11-9/h1-7,13H. The highest BCUT2D eigenvalue weighted by atomic mass is 16.3. The number of aromatic hydroxyl groups is 1. The van der Waals surface area contributed by atoms with E-state index in [2.05, 4.69) is 9.97 Å². The van der Waals surface area contributed by atoms with E-state index in [0.717, 1.165) is 11.4 Å². The van der Waals surface area contributed by atoms with Crippen LogP contribution in [0.5, 0.6) is 5.75 Å². The normalized spacial score (nSPS) is 9.85. The quantitative estimate of drug-likeness (QED) is 0.714. The smallest absolute Gasteiger partial charge is 0.133 e. The molecule has 0 bridgehead atoms. The molecule has 2 heterocycles. The van der Waals surface area contributed by atoms with E-state index < -0.39 is 0 Å². The highest BCUT2D eigenvalue weighted by molar-refractivity contribution is 5.53. The van der Waals surface area contributed by atoms with E-state index in [4.69, 9.17) is 5.11 Å².